The number of hydrogen-bond acceptors (Lipinski definition) is 3. The van der Waals surface area contributed by atoms with Crippen molar-refractivity contribution in [1.82, 2.24) is 0 Å². The van der Waals surface area contributed by atoms with Gasteiger partial charge < -0.3 is 5.73 Å². The van der Waals surface area contributed by atoms with Crippen LogP contribution >= 0.6 is 0 Å². The van der Waals surface area contributed by atoms with E-state index in [1.54, 1.807) is 26.0 Å². The van der Waals surface area contributed by atoms with Crippen LogP contribution < -0.4 is 10.5 Å². The number of carbonyl (C=O) groups excluding carboxylic acids is 1. The largest absolute Gasteiger partial charge is 0.366 e. The van der Waals surface area contributed by atoms with Crippen LogP contribution in [0, 0.1) is 5.92 Å². The van der Waals surface area contributed by atoms with Crippen LogP contribution in [0.15, 0.2) is 24.3 Å². The third-order valence-electron chi connectivity index (χ3n) is 2.01. The summed E-state index contributed by atoms with van der Waals surface area (Å²) in [7, 11) is -3.45. The Morgan fingerprint density at radius 3 is 2.47 bits per heavy atom. The number of para-hydroxylation sites is 1. The molecule has 1 amide bonds. The van der Waals surface area contributed by atoms with Gasteiger partial charge in [0.1, 0.15) is 0 Å². The molecule has 0 atom stereocenters. The first kappa shape index (κ1) is 13.5. The Bertz CT molecular complexity index is 509. The number of benzene rings is 1. The second kappa shape index (κ2) is 5.18. The maximum absolute atomic E-state index is 11.7. The zero-order valence-electron chi connectivity index (χ0n) is 9.80. The molecule has 0 fully saturated rings. The molecule has 0 saturated heterocycles. The highest BCUT2D eigenvalue weighted by atomic mass is 32.2. The van der Waals surface area contributed by atoms with E-state index in [1.165, 1.54) is 12.1 Å². The molecule has 1 rings (SSSR count). The van der Waals surface area contributed by atoms with E-state index >= 15 is 0 Å². The van der Waals surface area contributed by atoms with E-state index in [0.29, 0.717) is 0 Å². The van der Waals surface area contributed by atoms with Crippen molar-refractivity contribution in [3.8, 4) is 0 Å². The average Bonchev–Trinajstić information content (AvgIpc) is 2.14. The molecule has 0 heterocycles. The normalized spacial score (nSPS) is 11.5. The zero-order valence-corrected chi connectivity index (χ0v) is 10.6. The molecular formula is C11H16N2O3S. The molecule has 0 aliphatic rings. The van der Waals surface area contributed by atoms with Crippen LogP contribution in [0.3, 0.4) is 0 Å². The number of rotatable bonds is 5. The molecule has 17 heavy (non-hydrogen) atoms. The Morgan fingerprint density at radius 2 is 1.94 bits per heavy atom. The van der Waals surface area contributed by atoms with Gasteiger partial charge in [-0.15, -0.1) is 0 Å². The van der Waals surface area contributed by atoms with Crippen molar-refractivity contribution < 1.29 is 13.2 Å². The van der Waals surface area contributed by atoms with E-state index in [1.807, 2.05) is 0 Å². The molecule has 0 aliphatic carbocycles. The van der Waals surface area contributed by atoms with Crippen LogP contribution in [-0.2, 0) is 10.0 Å². The van der Waals surface area contributed by atoms with Crippen LogP contribution in [-0.4, -0.2) is 20.1 Å². The molecular weight excluding hydrogens is 240 g/mol. The van der Waals surface area contributed by atoms with Crippen molar-refractivity contribution in [3.63, 3.8) is 0 Å². The van der Waals surface area contributed by atoms with Gasteiger partial charge in [-0.25, -0.2) is 8.42 Å². The van der Waals surface area contributed by atoms with Crippen molar-refractivity contribution in [2.45, 2.75) is 13.8 Å². The zero-order chi connectivity index (χ0) is 13.1. The molecule has 6 heteroatoms. The minimum Gasteiger partial charge on any atom is -0.366 e. The summed E-state index contributed by atoms with van der Waals surface area (Å²) in [6, 6.07) is 6.26. The van der Waals surface area contributed by atoms with Gasteiger partial charge in [0, 0.05) is 0 Å². The molecule has 0 unspecified atom stereocenters. The molecule has 0 aliphatic heterocycles. The van der Waals surface area contributed by atoms with Crippen LogP contribution in [0.25, 0.3) is 0 Å². The molecule has 0 aromatic heterocycles. The van der Waals surface area contributed by atoms with Gasteiger partial charge >= 0.3 is 0 Å². The number of amides is 1. The van der Waals surface area contributed by atoms with E-state index in [-0.39, 0.29) is 22.9 Å². The van der Waals surface area contributed by atoms with Crippen molar-refractivity contribution in [3.05, 3.63) is 29.8 Å². The molecule has 1 aromatic rings. The SMILES string of the molecule is CC(C)CS(=O)(=O)Nc1ccccc1C(N)=O. The Hall–Kier alpha value is -1.56. The maximum Gasteiger partial charge on any atom is 0.250 e. The predicted molar refractivity (Wildman–Crippen MR) is 67.2 cm³/mol. The summed E-state index contributed by atoms with van der Waals surface area (Å²) in [4.78, 5) is 11.1. The third kappa shape index (κ3) is 4.07. The second-order valence-corrected chi connectivity index (χ2v) is 5.95. The molecule has 0 bridgehead atoms. The highest BCUT2D eigenvalue weighted by Gasteiger charge is 2.16. The number of sulfonamides is 1. The summed E-state index contributed by atoms with van der Waals surface area (Å²) in [6.45, 7) is 3.61. The van der Waals surface area contributed by atoms with Crippen LogP contribution in [0.5, 0.6) is 0 Å². The first-order valence-corrected chi connectivity index (χ1v) is 6.86. The van der Waals surface area contributed by atoms with Crippen molar-refractivity contribution >= 4 is 21.6 Å². The van der Waals surface area contributed by atoms with Crippen molar-refractivity contribution in [2.75, 3.05) is 10.5 Å². The summed E-state index contributed by atoms with van der Waals surface area (Å²) in [5.41, 5.74) is 5.55. The standard InChI is InChI=1S/C11H16N2O3S/c1-8(2)7-17(15,16)13-10-6-4-3-5-9(10)11(12)14/h3-6,8,13H,7H2,1-2H3,(H2,12,14). The Balaban J connectivity index is 3.00. The summed E-state index contributed by atoms with van der Waals surface area (Å²) >= 11 is 0. The lowest BCUT2D eigenvalue weighted by atomic mass is 10.2. The van der Waals surface area contributed by atoms with E-state index in [0.717, 1.165) is 0 Å². The quantitative estimate of drug-likeness (QED) is 0.829. The monoisotopic (exact) mass is 256 g/mol. The number of primary amides is 1. The van der Waals surface area contributed by atoms with Crippen LogP contribution in [0.1, 0.15) is 24.2 Å². The fraction of sp³-hybridized carbons (Fsp3) is 0.364. The van der Waals surface area contributed by atoms with Gasteiger partial charge in [-0.1, -0.05) is 26.0 Å². The minimum absolute atomic E-state index is 0.0000954. The summed E-state index contributed by atoms with van der Waals surface area (Å²) in [5.74, 6) is -0.652. The summed E-state index contributed by atoms with van der Waals surface area (Å²) in [5, 5.41) is 0. The number of nitrogens with one attached hydrogen (secondary N) is 1. The first-order valence-electron chi connectivity index (χ1n) is 5.21. The van der Waals surface area contributed by atoms with Crippen LogP contribution in [0.4, 0.5) is 5.69 Å². The summed E-state index contributed by atoms with van der Waals surface area (Å²) < 4.78 is 25.8. The number of nitrogens with two attached hydrogens (primary N) is 1. The second-order valence-electron chi connectivity index (χ2n) is 4.19. The molecule has 0 spiro atoms. The highest BCUT2D eigenvalue weighted by molar-refractivity contribution is 7.92. The number of anilines is 1. The van der Waals surface area contributed by atoms with E-state index < -0.39 is 15.9 Å². The van der Waals surface area contributed by atoms with Crippen molar-refractivity contribution in [1.29, 1.82) is 0 Å². The van der Waals surface area contributed by atoms with Gasteiger partial charge in [0.2, 0.25) is 10.0 Å². The van der Waals surface area contributed by atoms with Crippen LogP contribution in [0.2, 0.25) is 0 Å². The fourth-order valence-electron chi connectivity index (χ4n) is 1.44. The fourth-order valence-corrected chi connectivity index (χ4v) is 2.91. The van der Waals surface area contributed by atoms with Gasteiger partial charge in [0.25, 0.3) is 5.91 Å². The molecule has 0 radical (unpaired) electrons. The van der Waals surface area contributed by atoms with E-state index in [2.05, 4.69) is 4.72 Å². The topological polar surface area (TPSA) is 89.3 Å². The molecule has 0 saturated carbocycles. The van der Waals surface area contributed by atoms with E-state index in [4.69, 9.17) is 5.73 Å². The Labute approximate surface area is 101 Å². The molecule has 94 valence electrons. The van der Waals surface area contributed by atoms with Crippen molar-refractivity contribution in [2.24, 2.45) is 11.7 Å². The molecule has 3 N–H and O–H groups in total. The summed E-state index contributed by atoms with van der Waals surface area (Å²) in [6.07, 6.45) is 0. The lowest BCUT2D eigenvalue weighted by Crippen LogP contribution is -2.22. The Morgan fingerprint density at radius 1 is 1.35 bits per heavy atom. The highest BCUT2D eigenvalue weighted by Crippen LogP contribution is 2.16. The minimum atomic E-state index is -3.45. The average molecular weight is 256 g/mol. The van der Waals surface area contributed by atoms with Gasteiger partial charge in [-0.05, 0) is 18.1 Å². The smallest absolute Gasteiger partial charge is 0.250 e. The lowest BCUT2D eigenvalue weighted by Gasteiger charge is -2.11. The van der Waals surface area contributed by atoms with Gasteiger partial charge in [-0.3, -0.25) is 9.52 Å². The predicted octanol–water partition coefficient (Wildman–Crippen LogP) is 1.18. The molecule has 5 nitrogen and oxygen atoms in total. The Kier molecular flexibility index (Phi) is 4.11. The van der Waals surface area contributed by atoms with E-state index in [9.17, 15) is 13.2 Å². The maximum atomic E-state index is 11.7. The third-order valence-corrected chi connectivity index (χ3v) is 3.65. The number of carbonyl (C=O) groups is 1. The van der Waals surface area contributed by atoms with Gasteiger partial charge in [0.15, 0.2) is 0 Å². The van der Waals surface area contributed by atoms with Gasteiger partial charge in [0.05, 0.1) is 17.0 Å². The lowest BCUT2D eigenvalue weighted by molar-refractivity contribution is 0.100. The number of hydrogen-bond donors (Lipinski definition) is 2. The first-order chi connectivity index (χ1) is 7.82. The van der Waals surface area contributed by atoms with Gasteiger partial charge in [-0.2, -0.15) is 0 Å². The molecule has 1 aromatic carbocycles.